The molecule has 0 bridgehead atoms. The molecule has 1 aliphatic heterocycles. The van der Waals surface area contributed by atoms with Crippen molar-refractivity contribution in [2.75, 3.05) is 13.1 Å². The number of aromatic amines is 1. The van der Waals surface area contributed by atoms with Crippen LogP contribution in [0.1, 0.15) is 23.5 Å². The van der Waals surface area contributed by atoms with Gasteiger partial charge in [-0.15, -0.1) is 0 Å². The largest absolute Gasteiger partial charge is 0.342 e. The molecule has 1 aliphatic rings. The highest BCUT2D eigenvalue weighted by Crippen LogP contribution is 2.28. The molecule has 0 saturated carbocycles. The Kier molecular flexibility index (Phi) is 3.71. The summed E-state index contributed by atoms with van der Waals surface area (Å²) in [6, 6.07) is 21.7. The number of imidazole rings is 1. The fourth-order valence-corrected chi connectivity index (χ4v) is 3.47. The quantitative estimate of drug-likeness (QED) is 0.601. The molecule has 27 heavy (non-hydrogen) atoms. The van der Waals surface area contributed by atoms with Crippen molar-refractivity contribution >= 4 is 16.9 Å². The summed E-state index contributed by atoms with van der Waals surface area (Å²) >= 11 is 0. The number of likely N-dealkylation sites (tertiary alicyclic amines) is 1. The summed E-state index contributed by atoms with van der Waals surface area (Å²) in [6.45, 7) is 1.36. The van der Waals surface area contributed by atoms with Gasteiger partial charge < -0.3 is 9.88 Å². The number of hydrogen-bond donors (Lipinski definition) is 1. The van der Waals surface area contributed by atoms with Gasteiger partial charge in [-0.25, -0.2) is 4.98 Å². The smallest absolute Gasteiger partial charge is 0.255 e. The molecule has 5 nitrogen and oxygen atoms in total. The summed E-state index contributed by atoms with van der Waals surface area (Å²) < 4.78 is 0. The molecule has 1 saturated heterocycles. The van der Waals surface area contributed by atoms with Crippen LogP contribution in [0.2, 0.25) is 0 Å². The summed E-state index contributed by atoms with van der Waals surface area (Å²) in [7, 11) is 0. The maximum atomic E-state index is 12.7. The molecule has 4 aromatic rings. The highest BCUT2D eigenvalue weighted by Gasteiger charge is 2.34. The second-order valence-corrected chi connectivity index (χ2v) is 6.84. The number of pyridine rings is 1. The van der Waals surface area contributed by atoms with Crippen LogP contribution in [-0.2, 0) is 0 Å². The van der Waals surface area contributed by atoms with E-state index in [-0.39, 0.29) is 13.3 Å². The van der Waals surface area contributed by atoms with Crippen LogP contribution >= 0.6 is 0 Å². The van der Waals surface area contributed by atoms with Crippen LogP contribution in [0.4, 0.5) is 0 Å². The molecule has 0 unspecified atom stereocenters. The van der Waals surface area contributed by atoms with Crippen molar-refractivity contribution in [1.82, 2.24) is 19.9 Å². The number of para-hydroxylation sites is 2. The van der Waals surface area contributed by atoms with E-state index in [9.17, 15) is 4.79 Å². The number of carbonyl (C=O) groups is 1. The third-order valence-electron chi connectivity index (χ3n) is 5.04. The minimum absolute atomic E-state index is 0. The second-order valence-electron chi connectivity index (χ2n) is 6.84. The van der Waals surface area contributed by atoms with Gasteiger partial charge in [0.15, 0.2) is 0 Å². The van der Waals surface area contributed by atoms with Crippen LogP contribution < -0.4 is 0 Å². The summed E-state index contributed by atoms with van der Waals surface area (Å²) in [5.74, 6) is 1.24. The van der Waals surface area contributed by atoms with Crippen molar-refractivity contribution in [3.63, 3.8) is 0 Å². The van der Waals surface area contributed by atoms with Gasteiger partial charge in [0.2, 0.25) is 0 Å². The molecule has 1 fully saturated rings. The van der Waals surface area contributed by atoms with Crippen LogP contribution in [-0.4, -0.2) is 38.8 Å². The number of nitrogens with zero attached hydrogens (tertiary/aromatic N) is 3. The van der Waals surface area contributed by atoms with Crippen LogP contribution in [0, 0.1) is 0 Å². The Labute approximate surface area is 158 Å². The van der Waals surface area contributed by atoms with Gasteiger partial charge in [0, 0.05) is 26.3 Å². The van der Waals surface area contributed by atoms with Crippen molar-refractivity contribution in [3.8, 4) is 11.3 Å². The number of H-pyrrole nitrogens is 1. The minimum Gasteiger partial charge on any atom is -0.342 e. The molecule has 0 spiro atoms. The van der Waals surface area contributed by atoms with E-state index in [0.29, 0.717) is 18.7 Å². The van der Waals surface area contributed by atoms with Crippen molar-refractivity contribution in [3.05, 3.63) is 84.3 Å². The summed E-state index contributed by atoms with van der Waals surface area (Å²) in [6.07, 6.45) is 1.67. The Morgan fingerprint density at radius 2 is 1.78 bits per heavy atom. The van der Waals surface area contributed by atoms with E-state index in [1.165, 1.54) is 0 Å². The minimum atomic E-state index is 0. The highest BCUT2D eigenvalue weighted by molar-refractivity contribution is 5.94. The fourth-order valence-electron chi connectivity index (χ4n) is 3.47. The van der Waals surface area contributed by atoms with Crippen molar-refractivity contribution < 1.29 is 6.22 Å². The van der Waals surface area contributed by atoms with Gasteiger partial charge in [0.25, 0.3) is 5.91 Å². The van der Waals surface area contributed by atoms with Crippen LogP contribution in [0.5, 0.6) is 0 Å². The van der Waals surface area contributed by atoms with Crippen LogP contribution in [0.15, 0.2) is 72.9 Å². The lowest BCUT2D eigenvalue weighted by molar-refractivity contribution is 0.0595. The summed E-state index contributed by atoms with van der Waals surface area (Å²) in [5, 5.41) is 0. The van der Waals surface area contributed by atoms with Gasteiger partial charge in [-0.05, 0) is 24.3 Å². The molecule has 0 radical (unpaired) electrons. The van der Waals surface area contributed by atoms with Crippen LogP contribution in [0.3, 0.4) is 0 Å². The number of rotatable bonds is 3. The van der Waals surface area contributed by atoms with Gasteiger partial charge in [-0.1, -0.05) is 42.5 Å². The topological polar surface area (TPSA) is 61.9 Å². The molecular weight excluding hydrogens is 336 g/mol. The van der Waals surface area contributed by atoms with Crippen molar-refractivity contribution in [1.29, 1.82) is 0 Å². The molecule has 0 atom stereocenters. The Bertz CT molecular complexity index is 1070. The van der Waals surface area contributed by atoms with Crippen LogP contribution in [0.25, 0.3) is 22.3 Å². The van der Waals surface area contributed by atoms with Crippen molar-refractivity contribution in [2.45, 2.75) is 5.92 Å². The first-order valence-corrected chi connectivity index (χ1v) is 9.03. The molecule has 134 valence electrons. The monoisotopic (exact) mass is 356 g/mol. The molecule has 3 heterocycles. The van der Waals surface area contributed by atoms with E-state index < -0.39 is 0 Å². The zero-order chi connectivity index (χ0) is 18.2. The maximum absolute atomic E-state index is 12.7. The number of hydrogen-bond acceptors (Lipinski definition) is 3. The Morgan fingerprint density at radius 3 is 2.52 bits per heavy atom. The normalized spacial score (nSPS) is 14.3. The Balaban J connectivity index is 0.00000192. The molecule has 1 N–H and O–H groups in total. The lowest BCUT2D eigenvalue weighted by Crippen LogP contribution is -2.48. The van der Waals surface area contributed by atoms with Crippen molar-refractivity contribution in [2.24, 2.45) is 0 Å². The van der Waals surface area contributed by atoms with Gasteiger partial charge >= 0.3 is 0 Å². The zero-order valence-electron chi connectivity index (χ0n) is 14.7. The van der Waals surface area contributed by atoms with E-state index >= 15 is 0 Å². The Hall–Kier alpha value is -3.47. The zero-order valence-corrected chi connectivity index (χ0v) is 14.7. The molecular formula is C22H20N4O. The lowest BCUT2D eigenvalue weighted by Gasteiger charge is -2.38. The number of aromatic nitrogens is 3. The number of amides is 1. The number of benzene rings is 2. The lowest BCUT2D eigenvalue weighted by atomic mass is 9.98. The third kappa shape index (κ3) is 2.87. The first-order chi connectivity index (χ1) is 13.3. The van der Waals surface area contributed by atoms with E-state index in [4.69, 9.17) is 0 Å². The molecule has 1 amide bonds. The van der Waals surface area contributed by atoms with Gasteiger partial charge in [-0.2, -0.15) is 0 Å². The molecule has 0 aliphatic carbocycles. The number of carbonyl (C=O) groups excluding carboxylic acids is 1. The van der Waals surface area contributed by atoms with E-state index in [2.05, 4.69) is 15.0 Å². The number of fused-ring (bicyclic) bond motifs is 1. The Morgan fingerprint density at radius 1 is 1.00 bits per heavy atom. The molecule has 2 aromatic carbocycles. The average molecular weight is 356 g/mol. The predicted molar refractivity (Wildman–Crippen MR) is 107 cm³/mol. The first kappa shape index (κ1) is 15.8. The second kappa shape index (κ2) is 6.36. The summed E-state index contributed by atoms with van der Waals surface area (Å²) in [4.78, 5) is 27.0. The van der Waals surface area contributed by atoms with E-state index in [1.54, 1.807) is 6.20 Å². The van der Waals surface area contributed by atoms with Gasteiger partial charge in [0.1, 0.15) is 5.82 Å². The molecule has 5 rings (SSSR count). The molecule has 2 aromatic heterocycles. The fraction of sp³-hybridized carbons (Fsp3) is 0.136. The van der Waals surface area contributed by atoms with E-state index in [0.717, 1.165) is 28.1 Å². The standard InChI is InChI=1S/C22H18N4O.H2/c27-22(16-10-11-18(23-12-16)15-6-2-1-3-7-15)26-13-17(14-26)21-24-19-8-4-5-9-20(19)25-21;/h1-12,17H,13-14H2,(H,24,25);1H. The van der Waals surface area contributed by atoms with Gasteiger partial charge in [-0.3, -0.25) is 9.78 Å². The number of nitrogens with one attached hydrogen (secondary N) is 1. The SMILES string of the molecule is O=C(c1ccc(-c2ccccc2)nc1)N1CC(c2nc3ccccc3[nH]2)C1.[HH]. The summed E-state index contributed by atoms with van der Waals surface area (Å²) in [5.41, 5.74) is 4.55. The molecule has 5 heteroatoms. The predicted octanol–water partition coefficient (Wildman–Crippen LogP) is 4.11. The third-order valence-corrected chi connectivity index (χ3v) is 5.04. The highest BCUT2D eigenvalue weighted by atomic mass is 16.2. The first-order valence-electron chi connectivity index (χ1n) is 9.03. The average Bonchev–Trinajstić information content (AvgIpc) is 3.11. The van der Waals surface area contributed by atoms with Gasteiger partial charge in [0.05, 0.1) is 28.2 Å². The maximum Gasteiger partial charge on any atom is 0.255 e. The van der Waals surface area contributed by atoms with E-state index in [1.807, 2.05) is 71.6 Å².